The SMILES string of the molecule is N=C(C(CC(=O)NO)=C(N)[C@@H]1CCCC[C@@H]1C(=O)O)c1ccccc1. The molecular weight excluding hydrogens is 322 g/mol. The molecule has 2 rings (SSSR count). The van der Waals surface area contributed by atoms with E-state index in [1.807, 2.05) is 6.07 Å². The minimum Gasteiger partial charge on any atom is -0.481 e. The number of rotatable bonds is 6. The van der Waals surface area contributed by atoms with Crippen molar-refractivity contribution in [2.75, 3.05) is 0 Å². The van der Waals surface area contributed by atoms with E-state index in [-0.39, 0.29) is 23.4 Å². The van der Waals surface area contributed by atoms with Crippen LogP contribution in [0, 0.1) is 17.2 Å². The molecule has 134 valence electrons. The number of carboxylic acids is 1. The molecule has 0 radical (unpaired) electrons. The van der Waals surface area contributed by atoms with Gasteiger partial charge in [-0.3, -0.25) is 20.2 Å². The highest BCUT2D eigenvalue weighted by atomic mass is 16.5. The summed E-state index contributed by atoms with van der Waals surface area (Å²) in [6.07, 6.45) is 2.53. The van der Waals surface area contributed by atoms with Gasteiger partial charge in [-0.25, -0.2) is 5.48 Å². The lowest BCUT2D eigenvalue weighted by atomic mass is 9.75. The lowest BCUT2D eigenvalue weighted by Crippen LogP contribution is -2.33. The predicted octanol–water partition coefficient (Wildman–Crippen LogP) is 2.05. The second-order valence-electron chi connectivity index (χ2n) is 6.22. The molecular formula is C18H23N3O4. The van der Waals surface area contributed by atoms with Crippen molar-refractivity contribution in [2.24, 2.45) is 17.6 Å². The molecule has 1 amide bonds. The van der Waals surface area contributed by atoms with Gasteiger partial charge in [-0.05, 0) is 18.4 Å². The van der Waals surface area contributed by atoms with E-state index in [0.29, 0.717) is 18.4 Å². The van der Waals surface area contributed by atoms with Crippen molar-refractivity contribution in [3.8, 4) is 0 Å². The summed E-state index contributed by atoms with van der Waals surface area (Å²) >= 11 is 0. The third-order valence-electron chi connectivity index (χ3n) is 4.66. The minimum atomic E-state index is -0.912. The third kappa shape index (κ3) is 4.45. The van der Waals surface area contributed by atoms with E-state index >= 15 is 0 Å². The monoisotopic (exact) mass is 345 g/mol. The van der Waals surface area contributed by atoms with Gasteiger partial charge in [-0.15, -0.1) is 0 Å². The molecule has 0 aromatic heterocycles. The zero-order chi connectivity index (χ0) is 18.4. The van der Waals surface area contributed by atoms with Crippen LogP contribution in [0.4, 0.5) is 0 Å². The summed E-state index contributed by atoms with van der Waals surface area (Å²) in [6.45, 7) is 0. The molecule has 7 heteroatoms. The summed E-state index contributed by atoms with van der Waals surface area (Å²) in [4.78, 5) is 23.3. The fourth-order valence-corrected chi connectivity index (χ4v) is 3.34. The summed E-state index contributed by atoms with van der Waals surface area (Å²) in [5, 5.41) is 26.7. The van der Waals surface area contributed by atoms with Crippen LogP contribution in [0.3, 0.4) is 0 Å². The van der Waals surface area contributed by atoms with Crippen LogP contribution in [0.1, 0.15) is 37.7 Å². The molecule has 0 heterocycles. The van der Waals surface area contributed by atoms with Crippen LogP contribution >= 0.6 is 0 Å². The number of hydroxylamine groups is 1. The molecule has 1 saturated carbocycles. The summed E-state index contributed by atoms with van der Waals surface area (Å²) in [7, 11) is 0. The molecule has 0 spiro atoms. The van der Waals surface area contributed by atoms with Gasteiger partial charge in [0.1, 0.15) is 0 Å². The average molecular weight is 345 g/mol. The molecule has 25 heavy (non-hydrogen) atoms. The molecule has 6 N–H and O–H groups in total. The van der Waals surface area contributed by atoms with E-state index in [1.54, 1.807) is 29.7 Å². The van der Waals surface area contributed by atoms with E-state index in [0.717, 1.165) is 12.8 Å². The Morgan fingerprint density at radius 2 is 1.76 bits per heavy atom. The number of nitrogens with two attached hydrogens (primary N) is 1. The van der Waals surface area contributed by atoms with Gasteiger partial charge in [0.2, 0.25) is 5.91 Å². The Hall–Kier alpha value is -2.67. The summed E-state index contributed by atoms with van der Waals surface area (Å²) in [5.74, 6) is -2.65. The van der Waals surface area contributed by atoms with Gasteiger partial charge in [-0.1, -0.05) is 43.2 Å². The van der Waals surface area contributed by atoms with Gasteiger partial charge in [0.15, 0.2) is 0 Å². The van der Waals surface area contributed by atoms with Crippen molar-refractivity contribution >= 4 is 17.6 Å². The van der Waals surface area contributed by atoms with Crippen LogP contribution in [0.5, 0.6) is 0 Å². The zero-order valence-corrected chi connectivity index (χ0v) is 13.9. The predicted molar refractivity (Wildman–Crippen MR) is 92.1 cm³/mol. The van der Waals surface area contributed by atoms with E-state index in [9.17, 15) is 14.7 Å². The first-order chi connectivity index (χ1) is 12.0. The maximum absolute atomic E-state index is 11.7. The van der Waals surface area contributed by atoms with Crippen LogP contribution < -0.4 is 11.2 Å². The second kappa shape index (κ2) is 8.43. The number of hydrogen-bond donors (Lipinski definition) is 5. The van der Waals surface area contributed by atoms with Crippen molar-refractivity contribution in [3.05, 3.63) is 47.2 Å². The number of amides is 1. The standard InChI is InChI=1S/C18H23N3O4/c19-16(11-6-2-1-3-7-11)14(10-15(22)21-25)17(20)12-8-4-5-9-13(12)18(23)24/h1-3,6-7,12-13,19,25H,4-5,8-10,20H2,(H,21,22)(H,23,24)/t12-,13+/m1/s1. The topological polar surface area (TPSA) is 136 Å². The van der Waals surface area contributed by atoms with Gasteiger partial charge in [-0.2, -0.15) is 0 Å². The fourth-order valence-electron chi connectivity index (χ4n) is 3.34. The molecule has 1 fully saturated rings. The van der Waals surface area contributed by atoms with Gasteiger partial charge in [0.25, 0.3) is 0 Å². The molecule has 0 saturated heterocycles. The number of nitrogens with one attached hydrogen (secondary N) is 2. The van der Waals surface area contributed by atoms with E-state index in [4.69, 9.17) is 16.4 Å². The number of hydrogen-bond acceptors (Lipinski definition) is 5. The zero-order valence-electron chi connectivity index (χ0n) is 13.9. The number of aliphatic carboxylic acids is 1. The molecule has 0 unspecified atom stereocenters. The highest BCUT2D eigenvalue weighted by Gasteiger charge is 2.34. The lowest BCUT2D eigenvalue weighted by Gasteiger charge is -2.30. The number of carboxylic acid groups (broad SMARTS) is 1. The van der Waals surface area contributed by atoms with Crippen molar-refractivity contribution in [1.82, 2.24) is 5.48 Å². The third-order valence-corrected chi connectivity index (χ3v) is 4.66. The Morgan fingerprint density at radius 3 is 2.32 bits per heavy atom. The molecule has 1 aromatic carbocycles. The Bertz CT molecular complexity index is 685. The van der Waals surface area contributed by atoms with Crippen LogP contribution in [0.2, 0.25) is 0 Å². The number of carbonyl (C=O) groups is 2. The molecule has 1 aliphatic carbocycles. The summed E-state index contributed by atoms with van der Waals surface area (Å²) in [6, 6.07) is 8.80. The Balaban J connectivity index is 2.44. The average Bonchev–Trinajstić information content (AvgIpc) is 2.65. The van der Waals surface area contributed by atoms with Crippen LogP contribution in [0.15, 0.2) is 41.6 Å². The highest BCUT2D eigenvalue weighted by Crippen LogP contribution is 2.35. The molecule has 1 aliphatic rings. The maximum Gasteiger partial charge on any atom is 0.307 e. The van der Waals surface area contributed by atoms with E-state index in [1.165, 1.54) is 0 Å². The molecule has 0 bridgehead atoms. The van der Waals surface area contributed by atoms with Gasteiger partial charge >= 0.3 is 5.97 Å². The molecule has 1 aromatic rings. The van der Waals surface area contributed by atoms with Crippen molar-refractivity contribution in [2.45, 2.75) is 32.1 Å². The minimum absolute atomic E-state index is 0.0661. The normalized spacial score (nSPS) is 21.2. The first-order valence-electron chi connectivity index (χ1n) is 8.24. The lowest BCUT2D eigenvalue weighted by molar-refractivity contribution is -0.144. The Kier molecular flexibility index (Phi) is 6.30. The summed E-state index contributed by atoms with van der Waals surface area (Å²) < 4.78 is 0. The van der Waals surface area contributed by atoms with Gasteiger partial charge in [0.05, 0.1) is 18.1 Å². The van der Waals surface area contributed by atoms with E-state index < -0.39 is 23.7 Å². The number of allylic oxidation sites excluding steroid dienone is 1. The van der Waals surface area contributed by atoms with Crippen molar-refractivity contribution < 1.29 is 19.9 Å². The Morgan fingerprint density at radius 1 is 1.16 bits per heavy atom. The quantitative estimate of drug-likeness (QED) is 0.305. The van der Waals surface area contributed by atoms with Crippen molar-refractivity contribution in [3.63, 3.8) is 0 Å². The van der Waals surface area contributed by atoms with Crippen molar-refractivity contribution in [1.29, 1.82) is 5.41 Å². The Labute approximate surface area is 146 Å². The number of carbonyl (C=O) groups excluding carboxylic acids is 1. The van der Waals surface area contributed by atoms with E-state index in [2.05, 4.69) is 0 Å². The fraction of sp³-hybridized carbons (Fsp3) is 0.389. The molecule has 2 atom stereocenters. The first kappa shape index (κ1) is 18.7. The largest absolute Gasteiger partial charge is 0.481 e. The molecule has 7 nitrogen and oxygen atoms in total. The highest BCUT2D eigenvalue weighted by molar-refractivity contribution is 6.13. The maximum atomic E-state index is 11.7. The van der Waals surface area contributed by atoms with Crippen LogP contribution in [-0.2, 0) is 9.59 Å². The smallest absolute Gasteiger partial charge is 0.307 e. The van der Waals surface area contributed by atoms with Crippen LogP contribution in [-0.4, -0.2) is 27.9 Å². The molecule has 0 aliphatic heterocycles. The summed E-state index contributed by atoms with van der Waals surface area (Å²) in [5.41, 5.74) is 8.99. The second-order valence-corrected chi connectivity index (χ2v) is 6.22. The van der Waals surface area contributed by atoms with Gasteiger partial charge in [0, 0.05) is 17.2 Å². The first-order valence-corrected chi connectivity index (χ1v) is 8.24. The van der Waals surface area contributed by atoms with Crippen LogP contribution in [0.25, 0.3) is 0 Å². The number of benzene rings is 1. The van der Waals surface area contributed by atoms with Gasteiger partial charge < -0.3 is 10.8 Å².